The van der Waals surface area contributed by atoms with Crippen LogP contribution in [0.5, 0.6) is 5.75 Å². The van der Waals surface area contributed by atoms with Crippen LogP contribution in [0.15, 0.2) is 64.5 Å². The summed E-state index contributed by atoms with van der Waals surface area (Å²) in [5, 5.41) is 0.668. The molecule has 1 saturated heterocycles. The smallest absolute Gasteiger partial charge is 0.266 e. The normalized spacial score (nSPS) is 16.9. The van der Waals surface area contributed by atoms with Gasteiger partial charge < -0.3 is 10.5 Å². The molecule has 2 amide bonds. The molecule has 2 aromatic rings. The van der Waals surface area contributed by atoms with Gasteiger partial charge in [0.1, 0.15) is 5.75 Å². The Hall–Kier alpha value is -3.06. The predicted octanol–water partition coefficient (Wildman–Crippen LogP) is 3.17. The van der Waals surface area contributed by atoms with Crippen molar-refractivity contribution in [3.05, 3.63) is 65.1 Å². The van der Waals surface area contributed by atoms with Crippen LogP contribution in [0.3, 0.4) is 0 Å². The number of carbonyl (C=O) groups is 2. The maximum absolute atomic E-state index is 12.7. The van der Waals surface area contributed by atoms with E-state index in [2.05, 4.69) is 4.99 Å². The molecule has 1 fully saturated rings. The second kappa shape index (κ2) is 8.55. The molecule has 27 heavy (non-hydrogen) atoms. The van der Waals surface area contributed by atoms with Gasteiger partial charge in [0.15, 0.2) is 11.8 Å². The minimum Gasteiger partial charge on any atom is -0.484 e. The first-order valence-corrected chi connectivity index (χ1v) is 9.25. The summed E-state index contributed by atoms with van der Waals surface area (Å²) in [4.78, 5) is 30.3. The fourth-order valence-electron chi connectivity index (χ4n) is 2.45. The summed E-state index contributed by atoms with van der Waals surface area (Å²) in [5.74, 6) is -0.0480. The Morgan fingerprint density at radius 1 is 1.19 bits per heavy atom. The molecule has 0 aromatic heterocycles. The molecular formula is C20H19N3O3S. The minimum absolute atomic E-state index is 0.0637. The van der Waals surface area contributed by atoms with Crippen molar-refractivity contribution in [2.75, 3.05) is 13.2 Å². The Balaban J connectivity index is 1.79. The highest BCUT2D eigenvalue weighted by molar-refractivity contribution is 8.18. The topological polar surface area (TPSA) is 85.0 Å². The zero-order valence-corrected chi connectivity index (χ0v) is 15.6. The van der Waals surface area contributed by atoms with E-state index >= 15 is 0 Å². The number of ether oxygens (including phenoxy) is 1. The van der Waals surface area contributed by atoms with Gasteiger partial charge in [-0.25, -0.2) is 4.99 Å². The van der Waals surface area contributed by atoms with Crippen molar-refractivity contribution < 1.29 is 14.3 Å². The maximum atomic E-state index is 12.7. The van der Waals surface area contributed by atoms with Crippen LogP contribution in [0.4, 0.5) is 5.69 Å². The summed E-state index contributed by atoms with van der Waals surface area (Å²) in [6.07, 6.45) is 1.82. The van der Waals surface area contributed by atoms with Gasteiger partial charge in [0.2, 0.25) is 0 Å². The first kappa shape index (κ1) is 18.7. The number of primary amides is 1. The summed E-state index contributed by atoms with van der Waals surface area (Å²) in [5.41, 5.74) is 6.72. The number of thioether (sulfide) groups is 1. The molecule has 1 aliphatic rings. The minimum atomic E-state index is -0.529. The molecule has 0 aliphatic carbocycles. The fraction of sp³-hybridized carbons (Fsp3) is 0.150. The molecule has 6 nitrogen and oxygen atoms in total. The lowest BCUT2D eigenvalue weighted by Crippen LogP contribution is -2.28. The van der Waals surface area contributed by atoms with Gasteiger partial charge in [-0.05, 0) is 54.6 Å². The van der Waals surface area contributed by atoms with E-state index in [1.807, 2.05) is 55.5 Å². The number of aliphatic imine (C=N–C) groups is 1. The number of rotatable bonds is 6. The van der Waals surface area contributed by atoms with Crippen molar-refractivity contribution in [1.82, 2.24) is 4.90 Å². The first-order chi connectivity index (χ1) is 13.1. The van der Waals surface area contributed by atoms with Crippen LogP contribution in [-0.4, -0.2) is 35.0 Å². The highest BCUT2D eigenvalue weighted by Gasteiger charge is 2.32. The van der Waals surface area contributed by atoms with E-state index in [-0.39, 0.29) is 12.5 Å². The number of carbonyl (C=O) groups excluding carboxylic acids is 2. The zero-order valence-electron chi connectivity index (χ0n) is 14.8. The summed E-state index contributed by atoms with van der Waals surface area (Å²) < 4.78 is 5.24. The quantitative estimate of drug-likeness (QED) is 0.779. The van der Waals surface area contributed by atoms with Gasteiger partial charge in [-0.15, -0.1) is 0 Å². The molecule has 7 heteroatoms. The van der Waals surface area contributed by atoms with E-state index in [4.69, 9.17) is 10.5 Å². The van der Waals surface area contributed by atoms with E-state index in [1.54, 1.807) is 17.0 Å². The average molecular weight is 381 g/mol. The molecule has 138 valence electrons. The lowest BCUT2D eigenvalue weighted by Gasteiger charge is -2.11. The molecule has 0 radical (unpaired) electrons. The molecule has 0 spiro atoms. The predicted molar refractivity (Wildman–Crippen MR) is 108 cm³/mol. The number of amides is 2. The standard InChI is InChI=1S/C20H19N3O3S/c1-2-23-19(25)17(27-20(23)22-15-6-4-3-5-7-15)12-14-8-10-16(11-9-14)26-13-18(21)24/h3-12H,2,13H2,1H3,(H2,21,24)/b17-12+,22-20?. The van der Waals surface area contributed by atoms with E-state index in [0.29, 0.717) is 22.4 Å². The first-order valence-electron chi connectivity index (χ1n) is 8.43. The molecular weight excluding hydrogens is 362 g/mol. The van der Waals surface area contributed by atoms with E-state index in [1.165, 1.54) is 11.8 Å². The summed E-state index contributed by atoms with van der Waals surface area (Å²) >= 11 is 1.35. The Kier molecular flexibility index (Phi) is 5.93. The van der Waals surface area contributed by atoms with Gasteiger partial charge in [-0.1, -0.05) is 30.3 Å². The maximum Gasteiger partial charge on any atom is 0.266 e. The van der Waals surface area contributed by atoms with Crippen LogP contribution in [0.1, 0.15) is 12.5 Å². The van der Waals surface area contributed by atoms with Gasteiger partial charge in [-0.3, -0.25) is 14.5 Å². The molecule has 0 atom stereocenters. The Morgan fingerprint density at radius 2 is 1.89 bits per heavy atom. The van der Waals surface area contributed by atoms with Gasteiger partial charge in [0.25, 0.3) is 11.8 Å². The average Bonchev–Trinajstić information content (AvgIpc) is 2.96. The van der Waals surface area contributed by atoms with E-state index in [0.717, 1.165) is 11.3 Å². The molecule has 2 aromatic carbocycles. The molecule has 1 aliphatic heterocycles. The Bertz CT molecular complexity index is 892. The highest BCUT2D eigenvalue weighted by atomic mass is 32.2. The number of nitrogens with zero attached hydrogens (tertiary/aromatic N) is 2. The number of hydrogen-bond acceptors (Lipinski definition) is 5. The monoisotopic (exact) mass is 381 g/mol. The molecule has 2 N–H and O–H groups in total. The SMILES string of the molecule is CCN1C(=O)/C(=C\c2ccc(OCC(N)=O)cc2)SC1=Nc1ccccc1. The number of para-hydroxylation sites is 1. The molecule has 0 bridgehead atoms. The van der Waals surface area contributed by atoms with Crippen LogP contribution in [0.2, 0.25) is 0 Å². The van der Waals surface area contributed by atoms with Crippen molar-refractivity contribution in [1.29, 1.82) is 0 Å². The molecule has 1 heterocycles. The van der Waals surface area contributed by atoms with Crippen molar-refractivity contribution in [3.8, 4) is 5.75 Å². The lowest BCUT2D eigenvalue weighted by atomic mass is 10.2. The summed E-state index contributed by atoms with van der Waals surface area (Å²) in [6.45, 7) is 2.31. The highest BCUT2D eigenvalue weighted by Crippen LogP contribution is 2.34. The number of hydrogen-bond donors (Lipinski definition) is 1. The third-order valence-electron chi connectivity index (χ3n) is 3.74. The summed E-state index contributed by atoms with van der Waals surface area (Å²) in [6, 6.07) is 16.7. The van der Waals surface area contributed by atoms with Crippen LogP contribution in [-0.2, 0) is 9.59 Å². The second-order valence-corrected chi connectivity index (χ2v) is 6.72. The number of nitrogens with two attached hydrogens (primary N) is 1. The second-order valence-electron chi connectivity index (χ2n) is 5.71. The Morgan fingerprint density at radius 3 is 2.52 bits per heavy atom. The van der Waals surface area contributed by atoms with Crippen molar-refractivity contribution >= 4 is 40.5 Å². The van der Waals surface area contributed by atoms with Gasteiger partial charge in [0, 0.05) is 6.54 Å². The molecule has 0 unspecified atom stereocenters. The van der Waals surface area contributed by atoms with Crippen LogP contribution in [0.25, 0.3) is 6.08 Å². The van der Waals surface area contributed by atoms with Crippen molar-refractivity contribution in [3.63, 3.8) is 0 Å². The zero-order chi connectivity index (χ0) is 19.2. The Labute approximate surface area is 161 Å². The van der Waals surface area contributed by atoms with Crippen LogP contribution in [0, 0.1) is 0 Å². The largest absolute Gasteiger partial charge is 0.484 e. The number of benzene rings is 2. The van der Waals surface area contributed by atoms with Crippen molar-refractivity contribution in [2.24, 2.45) is 10.7 Å². The lowest BCUT2D eigenvalue weighted by molar-refractivity contribution is -0.122. The van der Waals surface area contributed by atoms with Crippen LogP contribution >= 0.6 is 11.8 Å². The number of amidine groups is 1. The molecule has 0 saturated carbocycles. The third-order valence-corrected chi connectivity index (χ3v) is 4.75. The number of likely N-dealkylation sites (N-methyl/N-ethyl adjacent to an activating group) is 1. The summed E-state index contributed by atoms with van der Waals surface area (Å²) in [7, 11) is 0. The van der Waals surface area contributed by atoms with Crippen molar-refractivity contribution in [2.45, 2.75) is 6.92 Å². The van der Waals surface area contributed by atoms with Gasteiger partial charge >= 0.3 is 0 Å². The fourth-order valence-corrected chi connectivity index (χ4v) is 3.51. The van der Waals surface area contributed by atoms with Gasteiger partial charge in [0.05, 0.1) is 10.6 Å². The third kappa shape index (κ3) is 4.77. The van der Waals surface area contributed by atoms with Gasteiger partial charge in [-0.2, -0.15) is 0 Å². The van der Waals surface area contributed by atoms with Crippen LogP contribution < -0.4 is 10.5 Å². The molecule has 3 rings (SSSR count). The van der Waals surface area contributed by atoms with E-state index in [9.17, 15) is 9.59 Å². The van der Waals surface area contributed by atoms with E-state index < -0.39 is 5.91 Å².